The minimum atomic E-state index is 0.321. The van der Waals surface area contributed by atoms with Crippen molar-refractivity contribution in [1.29, 1.82) is 0 Å². The van der Waals surface area contributed by atoms with Gasteiger partial charge in [-0.2, -0.15) is 5.10 Å². The molecule has 1 aromatic rings. The molecule has 0 radical (unpaired) electrons. The second-order valence-electron chi connectivity index (χ2n) is 3.64. The molecule has 0 fully saturated rings. The zero-order valence-corrected chi connectivity index (χ0v) is 8.62. The Balaban J connectivity index is 2.71. The highest BCUT2D eigenvalue weighted by Gasteiger charge is 2.08. The number of aryl methyl sites for hydroxylation is 1. The molecule has 1 heterocycles. The molecule has 0 aliphatic carbocycles. The lowest BCUT2D eigenvalue weighted by atomic mass is 10.2. The van der Waals surface area contributed by atoms with Crippen molar-refractivity contribution in [1.82, 2.24) is 9.78 Å². The molecule has 3 nitrogen and oxygen atoms in total. The Kier molecular flexibility index (Phi) is 3.34. The Bertz CT molecular complexity index is 266. The summed E-state index contributed by atoms with van der Waals surface area (Å²) >= 11 is 0. The molecule has 74 valence electrons. The number of aromatic hydroxyl groups is 1. The van der Waals surface area contributed by atoms with Crippen molar-refractivity contribution in [2.75, 3.05) is 0 Å². The van der Waals surface area contributed by atoms with E-state index in [2.05, 4.69) is 25.9 Å². The Labute approximate surface area is 79.4 Å². The topological polar surface area (TPSA) is 38.0 Å². The molecule has 1 rings (SSSR count). The van der Waals surface area contributed by atoms with Crippen molar-refractivity contribution in [2.24, 2.45) is 0 Å². The van der Waals surface area contributed by atoms with Crippen LogP contribution in [0.4, 0.5) is 0 Å². The number of hydrogen-bond donors (Lipinski definition) is 1. The fourth-order valence-electron chi connectivity index (χ4n) is 1.21. The third-order valence-corrected chi connectivity index (χ3v) is 2.08. The van der Waals surface area contributed by atoms with Crippen LogP contribution < -0.4 is 0 Å². The lowest BCUT2D eigenvalue weighted by Gasteiger charge is -2.02. The van der Waals surface area contributed by atoms with Crippen LogP contribution in [0.2, 0.25) is 0 Å². The maximum atomic E-state index is 9.52. The average Bonchev–Trinajstić information content (AvgIpc) is 2.44. The molecule has 0 aromatic carbocycles. The molecule has 3 heteroatoms. The maximum absolute atomic E-state index is 9.52. The van der Waals surface area contributed by atoms with E-state index in [9.17, 15) is 5.11 Å². The summed E-state index contributed by atoms with van der Waals surface area (Å²) in [6.45, 7) is 6.24. The van der Waals surface area contributed by atoms with Crippen molar-refractivity contribution in [3.8, 4) is 5.75 Å². The van der Waals surface area contributed by atoms with Gasteiger partial charge in [0, 0.05) is 6.04 Å². The van der Waals surface area contributed by atoms with Gasteiger partial charge in [-0.3, -0.25) is 4.68 Å². The molecular weight excluding hydrogens is 164 g/mol. The molecule has 0 bridgehead atoms. The van der Waals surface area contributed by atoms with Gasteiger partial charge in [0.1, 0.15) is 5.69 Å². The third kappa shape index (κ3) is 2.47. The molecular formula is C10H18N2O. The van der Waals surface area contributed by atoms with Crippen LogP contribution in [0.15, 0.2) is 6.20 Å². The maximum Gasteiger partial charge on any atom is 0.156 e. The Morgan fingerprint density at radius 1 is 1.54 bits per heavy atom. The largest absolute Gasteiger partial charge is 0.504 e. The average molecular weight is 182 g/mol. The highest BCUT2D eigenvalue weighted by Crippen LogP contribution is 2.19. The minimum Gasteiger partial charge on any atom is -0.504 e. The van der Waals surface area contributed by atoms with Crippen LogP contribution in [0.5, 0.6) is 5.75 Å². The van der Waals surface area contributed by atoms with Gasteiger partial charge < -0.3 is 5.11 Å². The standard InChI is InChI=1S/C10H18N2O/c1-4-5-6-9-10(13)7-12(11-9)8(2)3/h7-8,13H,4-6H2,1-3H3. The summed E-state index contributed by atoms with van der Waals surface area (Å²) in [5, 5.41) is 13.8. The lowest BCUT2D eigenvalue weighted by Crippen LogP contribution is -2.01. The first-order valence-corrected chi connectivity index (χ1v) is 4.92. The quantitative estimate of drug-likeness (QED) is 0.777. The van der Waals surface area contributed by atoms with Gasteiger partial charge in [-0.05, 0) is 26.7 Å². The summed E-state index contributed by atoms with van der Waals surface area (Å²) in [6.07, 6.45) is 4.80. The van der Waals surface area contributed by atoms with Gasteiger partial charge in [0.05, 0.1) is 6.20 Å². The van der Waals surface area contributed by atoms with Crippen LogP contribution in [0.25, 0.3) is 0 Å². The Morgan fingerprint density at radius 2 is 2.23 bits per heavy atom. The zero-order valence-electron chi connectivity index (χ0n) is 8.62. The minimum absolute atomic E-state index is 0.321. The fourth-order valence-corrected chi connectivity index (χ4v) is 1.21. The molecule has 0 amide bonds. The van der Waals surface area contributed by atoms with Crippen LogP contribution in [0.3, 0.4) is 0 Å². The molecule has 0 spiro atoms. The molecule has 0 aliphatic heterocycles. The lowest BCUT2D eigenvalue weighted by molar-refractivity contribution is 0.464. The van der Waals surface area contributed by atoms with E-state index >= 15 is 0 Å². The van der Waals surface area contributed by atoms with Crippen molar-refractivity contribution < 1.29 is 5.11 Å². The van der Waals surface area contributed by atoms with Crippen LogP contribution in [-0.2, 0) is 6.42 Å². The van der Waals surface area contributed by atoms with E-state index < -0.39 is 0 Å². The number of unbranched alkanes of at least 4 members (excludes halogenated alkanes) is 1. The van der Waals surface area contributed by atoms with E-state index in [-0.39, 0.29) is 0 Å². The van der Waals surface area contributed by atoms with Crippen molar-refractivity contribution in [3.05, 3.63) is 11.9 Å². The van der Waals surface area contributed by atoms with Crippen molar-refractivity contribution in [2.45, 2.75) is 46.1 Å². The second kappa shape index (κ2) is 4.30. The van der Waals surface area contributed by atoms with Gasteiger partial charge in [0.2, 0.25) is 0 Å². The Hall–Kier alpha value is -0.990. The molecule has 13 heavy (non-hydrogen) atoms. The van der Waals surface area contributed by atoms with Crippen molar-refractivity contribution in [3.63, 3.8) is 0 Å². The van der Waals surface area contributed by atoms with E-state index in [1.165, 1.54) is 0 Å². The van der Waals surface area contributed by atoms with E-state index in [0.29, 0.717) is 11.8 Å². The van der Waals surface area contributed by atoms with E-state index in [0.717, 1.165) is 25.0 Å². The summed E-state index contributed by atoms with van der Waals surface area (Å²) in [4.78, 5) is 0. The van der Waals surface area contributed by atoms with Gasteiger partial charge in [-0.1, -0.05) is 13.3 Å². The number of aromatic nitrogens is 2. The first kappa shape index (κ1) is 10.1. The molecule has 0 saturated carbocycles. The summed E-state index contributed by atoms with van der Waals surface area (Å²) in [5.74, 6) is 0.335. The molecule has 0 saturated heterocycles. The first-order valence-electron chi connectivity index (χ1n) is 4.92. The van der Waals surface area contributed by atoms with Crippen LogP contribution >= 0.6 is 0 Å². The van der Waals surface area contributed by atoms with E-state index in [1.807, 2.05) is 0 Å². The normalized spacial score (nSPS) is 11.1. The molecule has 0 unspecified atom stereocenters. The molecule has 1 N–H and O–H groups in total. The monoisotopic (exact) mass is 182 g/mol. The molecule has 0 atom stereocenters. The first-order chi connectivity index (χ1) is 6.15. The number of nitrogens with zero attached hydrogens (tertiary/aromatic N) is 2. The summed E-state index contributed by atoms with van der Waals surface area (Å²) in [7, 11) is 0. The predicted octanol–water partition coefficient (Wildman–Crippen LogP) is 2.51. The highest BCUT2D eigenvalue weighted by atomic mass is 16.3. The van der Waals surface area contributed by atoms with E-state index in [4.69, 9.17) is 0 Å². The van der Waals surface area contributed by atoms with Crippen LogP contribution in [-0.4, -0.2) is 14.9 Å². The summed E-state index contributed by atoms with van der Waals surface area (Å²) in [5.41, 5.74) is 0.829. The highest BCUT2D eigenvalue weighted by molar-refractivity contribution is 5.22. The molecule has 0 aliphatic rings. The van der Waals surface area contributed by atoms with Crippen molar-refractivity contribution >= 4 is 0 Å². The van der Waals surface area contributed by atoms with Gasteiger partial charge in [0.25, 0.3) is 0 Å². The van der Waals surface area contributed by atoms with Gasteiger partial charge in [-0.25, -0.2) is 0 Å². The van der Waals surface area contributed by atoms with E-state index in [1.54, 1.807) is 10.9 Å². The third-order valence-electron chi connectivity index (χ3n) is 2.08. The number of hydrogen-bond acceptors (Lipinski definition) is 2. The van der Waals surface area contributed by atoms with Gasteiger partial charge in [0.15, 0.2) is 5.75 Å². The summed E-state index contributed by atoms with van der Waals surface area (Å²) < 4.78 is 1.81. The number of rotatable bonds is 4. The van der Waals surface area contributed by atoms with Gasteiger partial charge >= 0.3 is 0 Å². The van der Waals surface area contributed by atoms with Crippen LogP contribution in [0, 0.1) is 0 Å². The Morgan fingerprint density at radius 3 is 2.69 bits per heavy atom. The zero-order chi connectivity index (χ0) is 9.84. The summed E-state index contributed by atoms with van der Waals surface area (Å²) in [6, 6.07) is 0.321. The van der Waals surface area contributed by atoms with Gasteiger partial charge in [-0.15, -0.1) is 0 Å². The smallest absolute Gasteiger partial charge is 0.156 e. The molecule has 1 aromatic heterocycles. The SMILES string of the molecule is CCCCc1nn(C(C)C)cc1O. The second-order valence-corrected chi connectivity index (χ2v) is 3.64. The fraction of sp³-hybridized carbons (Fsp3) is 0.700. The predicted molar refractivity (Wildman–Crippen MR) is 52.9 cm³/mol. The van der Waals surface area contributed by atoms with Crippen LogP contribution in [0.1, 0.15) is 45.3 Å².